The Labute approximate surface area is 203 Å². The van der Waals surface area contributed by atoms with E-state index in [2.05, 4.69) is 5.32 Å². The summed E-state index contributed by atoms with van der Waals surface area (Å²) in [6, 6.07) is 1.12. The highest BCUT2D eigenvalue weighted by Gasteiger charge is 2.60. The molecule has 1 aliphatic carbocycles. The first-order chi connectivity index (χ1) is 17.0. The van der Waals surface area contributed by atoms with Crippen LogP contribution in [-0.4, -0.2) is 50.3 Å². The van der Waals surface area contributed by atoms with Crippen molar-refractivity contribution in [1.29, 1.82) is 0 Å². The molecule has 1 heterocycles. The summed E-state index contributed by atoms with van der Waals surface area (Å²) in [4.78, 5) is 37.5. The lowest BCUT2D eigenvalue weighted by Gasteiger charge is -2.32. The first-order valence-electron chi connectivity index (χ1n) is 11.1. The number of allylic oxidation sites excluding steroid dienone is 1. The van der Waals surface area contributed by atoms with Gasteiger partial charge in [0.25, 0.3) is 5.92 Å². The smallest absolute Gasteiger partial charge is 0.336 e. The second-order valence-corrected chi connectivity index (χ2v) is 8.11. The normalized spacial score (nSPS) is 20.6. The Bertz CT molecular complexity index is 1150. The van der Waals surface area contributed by atoms with Crippen LogP contribution in [0.15, 0.2) is 34.7 Å². The van der Waals surface area contributed by atoms with Crippen molar-refractivity contribution in [3.63, 3.8) is 0 Å². The van der Waals surface area contributed by atoms with E-state index in [1.807, 2.05) is 0 Å². The molecule has 0 spiro atoms. The molecule has 1 fully saturated rings. The lowest BCUT2D eigenvalue weighted by molar-refractivity contribution is -0.142. The van der Waals surface area contributed by atoms with Crippen molar-refractivity contribution in [1.82, 2.24) is 5.32 Å². The molecule has 0 bridgehead atoms. The molecule has 1 aliphatic heterocycles. The highest BCUT2D eigenvalue weighted by molar-refractivity contribution is 6.00. The maximum atomic E-state index is 15.0. The zero-order chi connectivity index (χ0) is 26.8. The topological polar surface area (TPSA) is 90.9 Å². The molecule has 1 aromatic rings. The van der Waals surface area contributed by atoms with Gasteiger partial charge in [-0.25, -0.2) is 31.5 Å². The van der Waals surface area contributed by atoms with Gasteiger partial charge in [-0.05, 0) is 25.5 Å². The number of nitrogens with one attached hydrogen (secondary N) is 1. The van der Waals surface area contributed by atoms with E-state index in [4.69, 9.17) is 14.2 Å². The van der Waals surface area contributed by atoms with Crippen molar-refractivity contribution < 1.29 is 50.5 Å². The molecule has 2 atom stereocenters. The molecule has 0 aromatic heterocycles. The molecule has 0 amide bonds. The fourth-order valence-corrected chi connectivity index (χ4v) is 4.15. The molecule has 0 radical (unpaired) electrons. The van der Waals surface area contributed by atoms with E-state index in [1.165, 1.54) is 13.8 Å². The predicted molar refractivity (Wildman–Crippen MR) is 114 cm³/mol. The Morgan fingerprint density at radius 3 is 2.03 bits per heavy atom. The number of hydrogen-bond acceptors (Lipinski definition) is 7. The second-order valence-electron chi connectivity index (χ2n) is 8.11. The monoisotopic (exact) mass is 517 g/mol. The van der Waals surface area contributed by atoms with Gasteiger partial charge in [0.15, 0.2) is 0 Å². The van der Waals surface area contributed by atoms with Gasteiger partial charge in [0.05, 0.1) is 47.6 Å². The molecule has 12 heteroatoms. The van der Waals surface area contributed by atoms with E-state index >= 15 is 0 Å². The van der Waals surface area contributed by atoms with Gasteiger partial charge in [-0.15, -0.1) is 0 Å². The lowest BCUT2D eigenvalue weighted by atomic mass is 9.77. The predicted octanol–water partition coefficient (Wildman–Crippen LogP) is 3.94. The van der Waals surface area contributed by atoms with Crippen LogP contribution in [0.2, 0.25) is 0 Å². The minimum absolute atomic E-state index is 0.171. The van der Waals surface area contributed by atoms with Crippen LogP contribution >= 0.6 is 0 Å². The van der Waals surface area contributed by atoms with Crippen LogP contribution < -0.4 is 5.32 Å². The summed E-state index contributed by atoms with van der Waals surface area (Å²) < 4.78 is 86.8. The molecule has 36 heavy (non-hydrogen) atoms. The van der Waals surface area contributed by atoms with Crippen LogP contribution in [0.4, 0.5) is 22.0 Å². The highest BCUT2D eigenvalue weighted by Crippen LogP contribution is 2.58. The minimum Gasteiger partial charge on any atom is -0.463 e. The van der Waals surface area contributed by atoms with Gasteiger partial charge < -0.3 is 19.5 Å². The second kappa shape index (κ2) is 10.7. The Morgan fingerprint density at radius 2 is 1.56 bits per heavy atom. The third-order valence-electron chi connectivity index (χ3n) is 5.69. The highest BCUT2D eigenvalue weighted by atomic mass is 19.3. The Morgan fingerprint density at radius 1 is 1.00 bits per heavy atom. The lowest BCUT2D eigenvalue weighted by Crippen LogP contribution is -2.37. The summed E-state index contributed by atoms with van der Waals surface area (Å²) in [5, 5.41) is 2.52. The van der Waals surface area contributed by atoms with Crippen LogP contribution in [0.1, 0.15) is 50.2 Å². The van der Waals surface area contributed by atoms with Crippen molar-refractivity contribution >= 4 is 17.9 Å². The number of esters is 3. The van der Waals surface area contributed by atoms with Gasteiger partial charge in [0, 0.05) is 25.0 Å². The summed E-state index contributed by atoms with van der Waals surface area (Å²) in [6.07, 6.45) is -0.749. The number of ether oxygens (including phenoxy) is 3. The molecule has 1 aromatic carbocycles. The van der Waals surface area contributed by atoms with E-state index in [9.17, 15) is 36.3 Å². The van der Waals surface area contributed by atoms with Crippen LogP contribution in [0, 0.1) is 11.6 Å². The van der Waals surface area contributed by atoms with E-state index in [0.29, 0.717) is 12.1 Å². The van der Waals surface area contributed by atoms with E-state index in [-0.39, 0.29) is 18.9 Å². The summed E-state index contributed by atoms with van der Waals surface area (Å²) >= 11 is 0. The SMILES string of the molecule is CCOC(=O)C1=C(CF)NC(COC(C)=O)=C(C(=O)OCC)C1c1cc(F)cc(F)c1C1CC1(F)F. The third-order valence-corrected chi connectivity index (χ3v) is 5.69. The van der Waals surface area contributed by atoms with Crippen LogP contribution in [0.5, 0.6) is 0 Å². The quantitative estimate of drug-likeness (QED) is 0.302. The zero-order valence-corrected chi connectivity index (χ0v) is 19.7. The molecule has 2 unspecified atom stereocenters. The summed E-state index contributed by atoms with van der Waals surface area (Å²) in [6.45, 7) is 1.65. The van der Waals surface area contributed by atoms with Crippen molar-refractivity contribution in [2.75, 3.05) is 26.5 Å². The van der Waals surface area contributed by atoms with Crippen molar-refractivity contribution in [3.05, 3.63) is 57.4 Å². The number of carbonyl (C=O) groups excluding carboxylic acids is 3. The van der Waals surface area contributed by atoms with Gasteiger partial charge >= 0.3 is 17.9 Å². The van der Waals surface area contributed by atoms with Crippen molar-refractivity contribution in [2.45, 2.75) is 45.0 Å². The standard InChI is InChI=1S/C24H24F5NO6/c1-4-34-22(32)20-16(9-25)30-17(10-36-11(3)31)21(23(33)35-5-2)19(20)13-6-12(26)7-15(27)18(13)14-8-24(14,28)29/h6-7,14,19,30H,4-5,8-10H2,1-3H3. The summed E-state index contributed by atoms with van der Waals surface area (Å²) in [5.41, 5.74) is -2.83. The van der Waals surface area contributed by atoms with Gasteiger partial charge in [-0.1, -0.05) is 0 Å². The molecule has 7 nitrogen and oxygen atoms in total. The number of dihydropyridines is 1. The minimum atomic E-state index is -3.31. The van der Waals surface area contributed by atoms with Gasteiger partial charge in [-0.2, -0.15) is 0 Å². The van der Waals surface area contributed by atoms with Crippen LogP contribution in [-0.2, 0) is 28.6 Å². The van der Waals surface area contributed by atoms with Gasteiger partial charge in [-0.3, -0.25) is 4.79 Å². The molecule has 2 aliphatic rings. The van der Waals surface area contributed by atoms with Crippen molar-refractivity contribution in [2.24, 2.45) is 0 Å². The molecule has 196 valence electrons. The van der Waals surface area contributed by atoms with Gasteiger partial charge in [0.2, 0.25) is 0 Å². The Kier molecular flexibility index (Phi) is 8.05. The number of carbonyl (C=O) groups is 3. The number of halogens is 5. The number of rotatable bonds is 9. The zero-order valence-electron chi connectivity index (χ0n) is 19.7. The molecular weight excluding hydrogens is 493 g/mol. The van der Waals surface area contributed by atoms with E-state index in [1.54, 1.807) is 0 Å². The summed E-state index contributed by atoms with van der Waals surface area (Å²) in [7, 11) is 0. The van der Waals surface area contributed by atoms with Crippen molar-refractivity contribution in [3.8, 4) is 0 Å². The Balaban J connectivity index is 2.37. The average Bonchev–Trinajstić information content (AvgIpc) is 3.42. The third kappa shape index (κ3) is 5.36. The van der Waals surface area contributed by atoms with E-state index in [0.717, 1.165) is 6.92 Å². The van der Waals surface area contributed by atoms with Gasteiger partial charge in [0.1, 0.15) is 24.9 Å². The maximum absolute atomic E-state index is 15.0. The first-order valence-corrected chi connectivity index (χ1v) is 11.1. The molecule has 0 saturated heterocycles. The fourth-order valence-electron chi connectivity index (χ4n) is 4.15. The number of alkyl halides is 3. The van der Waals surface area contributed by atoms with Crippen LogP contribution in [0.3, 0.4) is 0 Å². The van der Waals surface area contributed by atoms with E-state index < -0.39 is 95.0 Å². The average molecular weight is 517 g/mol. The molecule has 3 rings (SSSR count). The fraction of sp³-hybridized carbons (Fsp3) is 0.458. The maximum Gasteiger partial charge on any atom is 0.336 e. The molecule has 1 N–H and O–H groups in total. The first kappa shape index (κ1) is 27.2. The Hall–Kier alpha value is -3.44. The van der Waals surface area contributed by atoms with Crippen LogP contribution in [0.25, 0.3) is 0 Å². The number of hydrogen-bond donors (Lipinski definition) is 1. The molecular formula is C24H24F5NO6. The number of benzene rings is 1. The summed E-state index contributed by atoms with van der Waals surface area (Å²) in [5.74, 6) is -12.3. The largest absolute Gasteiger partial charge is 0.463 e. The molecule has 1 saturated carbocycles.